The summed E-state index contributed by atoms with van der Waals surface area (Å²) in [5.74, 6) is 0.666. The zero-order chi connectivity index (χ0) is 10.3. The van der Waals surface area contributed by atoms with Gasteiger partial charge in [-0.15, -0.1) is 10.2 Å². The Morgan fingerprint density at radius 2 is 2.27 bits per heavy atom. The van der Waals surface area contributed by atoms with Crippen molar-refractivity contribution in [2.45, 2.75) is 13.3 Å². The quantitative estimate of drug-likeness (QED) is 0.726. The summed E-state index contributed by atoms with van der Waals surface area (Å²) in [5.41, 5.74) is 4.74. The van der Waals surface area contributed by atoms with Gasteiger partial charge < -0.3 is 5.32 Å². The van der Waals surface area contributed by atoms with Crippen molar-refractivity contribution in [2.24, 2.45) is 0 Å². The molecule has 0 radical (unpaired) electrons. The van der Waals surface area contributed by atoms with Crippen LogP contribution in [0.2, 0.25) is 0 Å². The van der Waals surface area contributed by atoms with E-state index in [1.807, 2.05) is 0 Å². The third-order valence-corrected chi connectivity index (χ3v) is 2.77. The first-order chi connectivity index (χ1) is 7.36. The van der Waals surface area contributed by atoms with Crippen LogP contribution in [0, 0.1) is 6.92 Å². The maximum absolute atomic E-state index is 4.04. The third-order valence-electron chi connectivity index (χ3n) is 2.77. The number of hydrogen-bond donors (Lipinski definition) is 2. The first-order valence-corrected chi connectivity index (χ1v) is 4.96. The predicted molar refractivity (Wildman–Crippen MR) is 56.5 cm³/mol. The fourth-order valence-corrected chi connectivity index (χ4v) is 2.04. The van der Waals surface area contributed by atoms with Crippen LogP contribution in [0.5, 0.6) is 0 Å². The molecule has 76 valence electrons. The van der Waals surface area contributed by atoms with E-state index in [0.717, 1.165) is 24.2 Å². The van der Waals surface area contributed by atoms with Gasteiger partial charge >= 0.3 is 0 Å². The van der Waals surface area contributed by atoms with E-state index in [9.17, 15) is 0 Å². The maximum Gasteiger partial charge on any atom is 0.207 e. The smallest absolute Gasteiger partial charge is 0.207 e. The minimum absolute atomic E-state index is 0.666. The van der Waals surface area contributed by atoms with Crippen LogP contribution in [0.1, 0.15) is 11.1 Å². The average Bonchev–Trinajstić information content (AvgIpc) is 2.85. The van der Waals surface area contributed by atoms with Crippen molar-refractivity contribution in [3.63, 3.8) is 0 Å². The lowest BCUT2D eigenvalue weighted by Gasteiger charge is -2.08. The van der Waals surface area contributed by atoms with E-state index in [1.165, 1.54) is 11.1 Å². The van der Waals surface area contributed by atoms with Crippen LogP contribution in [0.25, 0.3) is 11.4 Å². The van der Waals surface area contributed by atoms with Crippen LogP contribution in [0.4, 0.5) is 5.69 Å². The van der Waals surface area contributed by atoms with E-state index in [4.69, 9.17) is 0 Å². The molecule has 0 amide bonds. The SMILES string of the molecule is Cc1ccc2c(c1-c1nn[nH]n1)NCC2. The second-order valence-electron chi connectivity index (χ2n) is 3.70. The number of fused-ring (bicyclic) bond motifs is 1. The highest BCUT2D eigenvalue weighted by molar-refractivity contribution is 5.80. The molecule has 0 fully saturated rings. The number of rotatable bonds is 1. The molecule has 1 aromatic carbocycles. The van der Waals surface area contributed by atoms with Gasteiger partial charge in [-0.3, -0.25) is 0 Å². The Hall–Kier alpha value is -1.91. The van der Waals surface area contributed by atoms with Crippen molar-refractivity contribution >= 4 is 5.69 Å². The van der Waals surface area contributed by atoms with Crippen LogP contribution >= 0.6 is 0 Å². The number of tetrazole rings is 1. The van der Waals surface area contributed by atoms with Crippen molar-refractivity contribution < 1.29 is 0 Å². The molecule has 0 atom stereocenters. The molecular formula is C10H11N5. The molecule has 2 N–H and O–H groups in total. The molecule has 0 spiro atoms. The molecule has 0 bridgehead atoms. The number of aromatic amines is 1. The zero-order valence-electron chi connectivity index (χ0n) is 8.41. The monoisotopic (exact) mass is 201 g/mol. The van der Waals surface area contributed by atoms with Crippen LogP contribution in [0.15, 0.2) is 12.1 Å². The zero-order valence-corrected chi connectivity index (χ0v) is 8.41. The number of aryl methyl sites for hydroxylation is 1. The fourth-order valence-electron chi connectivity index (χ4n) is 2.04. The molecular weight excluding hydrogens is 190 g/mol. The Morgan fingerprint density at radius 1 is 1.33 bits per heavy atom. The van der Waals surface area contributed by atoms with Crippen molar-refractivity contribution in [2.75, 3.05) is 11.9 Å². The first kappa shape index (κ1) is 8.40. The molecule has 3 rings (SSSR count). The summed E-state index contributed by atoms with van der Waals surface area (Å²) < 4.78 is 0. The van der Waals surface area contributed by atoms with E-state index < -0.39 is 0 Å². The molecule has 2 heterocycles. The van der Waals surface area contributed by atoms with Gasteiger partial charge in [-0.1, -0.05) is 12.1 Å². The molecule has 1 aliphatic rings. The van der Waals surface area contributed by atoms with E-state index >= 15 is 0 Å². The summed E-state index contributed by atoms with van der Waals surface area (Å²) in [5, 5.41) is 17.5. The Bertz CT molecular complexity index is 489. The van der Waals surface area contributed by atoms with Gasteiger partial charge in [0.2, 0.25) is 5.82 Å². The Morgan fingerprint density at radius 3 is 3.07 bits per heavy atom. The molecule has 0 saturated carbocycles. The maximum atomic E-state index is 4.04. The third kappa shape index (κ3) is 1.20. The van der Waals surface area contributed by atoms with Crippen LogP contribution < -0.4 is 5.32 Å². The lowest BCUT2D eigenvalue weighted by molar-refractivity contribution is 0.881. The predicted octanol–water partition coefficient (Wildman–Crippen LogP) is 1.14. The summed E-state index contributed by atoms with van der Waals surface area (Å²) in [6.45, 7) is 3.05. The number of anilines is 1. The van der Waals surface area contributed by atoms with Crippen LogP contribution in [0.3, 0.4) is 0 Å². The standard InChI is InChI=1S/C10H11N5/c1-6-2-3-7-4-5-11-9(7)8(6)10-12-14-15-13-10/h2-3,11H,4-5H2,1H3,(H,12,13,14,15). The molecule has 15 heavy (non-hydrogen) atoms. The van der Waals surface area contributed by atoms with Crippen LogP contribution in [-0.4, -0.2) is 27.2 Å². The summed E-state index contributed by atoms with van der Waals surface area (Å²) in [7, 11) is 0. The number of nitrogens with zero attached hydrogens (tertiary/aromatic N) is 3. The highest BCUT2D eigenvalue weighted by atomic mass is 15.5. The largest absolute Gasteiger partial charge is 0.384 e. The normalized spacial score (nSPS) is 13.7. The van der Waals surface area contributed by atoms with Gasteiger partial charge in [0.25, 0.3) is 0 Å². The van der Waals surface area contributed by atoms with Crippen LogP contribution in [-0.2, 0) is 6.42 Å². The van der Waals surface area contributed by atoms with E-state index in [1.54, 1.807) is 0 Å². The molecule has 1 aliphatic heterocycles. The molecule has 0 aliphatic carbocycles. The topological polar surface area (TPSA) is 66.5 Å². The number of nitrogens with one attached hydrogen (secondary N) is 2. The fraction of sp³-hybridized carbons (Fsp3) is 0.300. The molecule has 0 unspecified atom stereocenters. The van der Waals surface area contributed by atoms with Crippen molar-refractivity contribution in [3.8, 4) is 11.4 Å². The lowest BCUT2D eigenvalue weighted by atomic mass is 10.0. The summed E-state index contributed by atoms with van der Waals surface area (Å²) in [6, 6.07) is 4.27. The highest BCUT2D eigenvalue weighted by Crippen LogP contribution is 2.34. The first-order valence-electron chi connectivity index (χ1n) is 4.96. The summed E-state index contributed by atoms with van der Waals surface area (Å²) in [6.07, 6.45) is 1.07. The number of benzene rings is 1. The van der Waals surface area contributed by atoms with Gasteiger partial charge in [-0.2, -0.15) is 5.21 Å². The number of hydrogen-bond acceptors (Lipinski definition) is 4. The number of aromatic nitrogens is 4. The summed E-state index contributed by atoms with van der Waals surface area (Å²) >= 11 is 0. The lowest BCUT2D eigenvalue weighted by Crippen LogP contribution is -1.96. The molecule has 2 aromatic rings. The highest BCUT2D eigenvalue weighted by Gasteiger charge is 2.19. The van der Waals surface area contributed by atoms with Gasteiger partial charge in [0.1, 0.15) is 0 Å². The second kappa shape index (κ2) is 3.05. The Balaban J connectivity index is 2.26. The second-order valence-corrected chi connectivity index (χ2v) is 3.70. The molecule has 1 aromatic heterocycles. The molecule has 0 saturated heterocycles. The Kier molecular flexibility index (Phi) is 1.71. The Labute approximate surface area is 86.9 Å². The average molecular weight is 201 g/mol. The van der Waals surface area contributed by atoms with Crippen molar-refractivity contribution in [1.29, 1.82) is 0 Å². The minimum Gasteiger partial charge on any atom is -0.384 e. The van der Waals surface area contributed by atoms with E-state index in [0.29, 0.717) is 5.82 Å². The van der Waals surface area contributed by atoms with Crippen molar-refractivity contribution in [1.82, 2.24) is 20.6 Å². The van der Waals surface area contributed by atoms with Crippen molar-refractivity contribution in [3.05, 3.63) is 23.3 Å². The number of H-pyrrole nitrogens is 1. The molecule has 5 heteroatoms. The van der Waals surface area contributed by atoms with E-state index in [-0.39, 0.29) is 0 Å². The minimum atomic E-state index is 0.666. The van der Waals surface area contributed by atoms with Gasteiger partial charge in [0.15, 0.2) is 0 Å². The van der Waals surface area contributed by atoms with Gasteiger partial charge in [0.05, 0.1) is 0 Å². The van der Waals surface area contributed by atoms with E-state index in [2.05, 4.69) is 45.0 Å². The van der Waals surface area contributed by atoms with Gasteiger partial charge in [-0.25, -0.2) is 0 Å². The van der Waals surface area contributed by atoms with Gasteiger partial charge in [0, 0.05) is 17.8 Å². The summed E-state index contributed by atoms with van der Waals surface area (Å²) in [4.78, 5) is 0. The van der Waals surface area contributed by atoms with Gasteiger partial charge in [-0.05, 0) is 29.7 Å². The molecule has 5 nitrogen and oxygen atoms in total.